The highest BCUT2D eigenvalue weighted by Crippen LogP contribution is 2.13. The molecule has 0 aliphatic heterocycles. The molecule has 2 heteroatoms. The Balaban J connectivity index is 3.26. The van der Waals surface area contributed by atoms with E-state index in [0.717, 1.165) is 25.6 Å². The van der Waals surface area contributed by atoms with Gasteiger partial charge in [0.2, 0.25) is 0 Å². The van der Waals surface area contributed by atoms with Crippen molar-refractivity contribution in [1.82, 2.24) is 0 Å². The summed E-state index contributed by atoms with van der Waals surface area (Å²) in [5.74, 6) is 0.783. The lowest BCUT2D eigenvalue weighted by Crippen LogP contribution is -2.29. The molecule has 0 aromatic heterocycles. The lowest BCUT2D eigenvalue weighted by atomic mass is 9.95. The van der Waals surface area contributed by atoms with Gasteiger partial charge in [0.25, 0.3) is 0 Å². The van der Waals surface area contributed by atoms with E-state index in [1.165, 1.54) is 6.42 Å². The number of hydrogen-bond donors (Lipinski definition) is 1. The second-order valence-corrected chi connectivity index (χ2v) is 4.96. The molecule has 0 rings (SSSR count). The van der Waals surface area contributed by atoms with Gasteiger partial charge in [0.1, 0.15) is 0 Å². The third-order valence-corrected chi connectivity index (χ3v) is 2.12. The van der Waals surface area contributed by atoms with Gasteiger partial charge in [0.15, 0.2) is 0 Å². The number of nitrogens with two attached hydrogens (primary N) is 1. The molecule has 0 fully saturated rings. The molecule has 0 aliphatic carbocycles. The number of ether oxygens (including phenoxy) is 1. The topological polar surface area (TPSA) is 35.2 Å². The van der Waals surface area contributed by atoms with Crippen LogP contribution in [0.4, 0.5) is 0 Å². The molecule has 0 atom stereocenters. The van der Waals surface area contributed by atoms with Crippen LogP contribution in [0.15, 0.2) is 0 Å². The normalized spacial score (nSPS) is 12.5. The van der Waals surface area contributed by atoms with Gasteiger partial charge in [-0.1, -0.05) is 27.7 Å². The summed E-state index contributed by atoms with van der Waals surface area (Å²) in [7, 11) is 0. The molecule has 0 heterocycles. The lowest BCUT2D eigenvalue weighted by molar-refractivity contribution is 0.0628. The Kier molecular flexibility index (Phi) is 6.35. The van der Waals surface area contributed by atoms with Crippen molar-refractivity contribution in [3.63, 3.8) is 0 Å². The van der Waals surface area contributed by atoms with Crippen LogP contribution < -0.4 is 5.73 Å². The summed E-state index contributed by atoms with van der Waals surface area (Å²) in [6, 6.07) is 0. The lowest BCUT2D eigenvalue weighted by Gasteiger charge is -2.21. The van der Waals surface area contributed by atoms with Crippen molar-refractivity contribution in [3.8, 4) is 0 Å². The minimum Gasteiger partial charge on any atom is -0.381 e. The minimum absolute atomic E-state index is 0.137. The molecule has 2 N–H and O–H groups in total. The van der Waals surface area contributed by atoms with Gasteiger partial charge in [-0.05, 0) is 25.3 Å². The van der Waals surface area contributed by atoms with E-state index in [2.05, 4.69) is 27.7 Å². The molecule has 0 aromatic carbocycles. The third kappa shape index (κ3) is 8.26. The summed E-state index contributed by atoms with van der Waals surface area (Å²) in [6.07, 6.45) is 2.42. The SMILES string of the molecule is CC(C)CCCOCC(C)(C)CN. The van der Waals surface area contributed by atoms with E-state index in [0.29, 0.717) is 6.54 Å². The van der Waals surface area contributed by atoms with Gasteiger partial charge >= 0.3 is 0 Å². The van der Waals surface area contributed by atoms with E-state index in [1.54, 1.807) is 0 Å². The summed E-state index contributed by atoms with van der Waals surface area (Å²) in [5, 5.41) is 0. The van der Waals surface area contributed by atoms with Gasteiger partial charge in [0.05, 0.1) is 6.61 Å². The van der Waals surface area contributed by atoms with Crippen molar-refractivity contribution in [1.29, 1.82) is 0 Å². The predicted octanol–water partition coefficient (Wildman–Crippen LogP) is 2.42. The highest BCUT2D eigenvalue weighted by atomic mass is 16.5. The van der Waals surface area contributed by atoms with Crippen molar-refractivity contribution in [2.75, 3.05) is 19.8 Å². The quantitative estimate of drug-likeness (QED) is 0.621. The molecule has 0 aromatic rings. The van der Waals surface area contributed by atoms with Gasteiger partial charge in [0, 0.05) is 12.0 Å². The highest BCUT2D eigenvalue weighted by Gasteiger charge is 2.14. The van der Waals surface area contributed by atoms with Crippen LogP contribution in [0.25, 0.3) is 0 Å². The molecular formula is C11H25NO. The van der Waals surface area contributed by atoms with Crippen LogP contribution in [0.2, 0.25) is 0 Å². The Morgan fingerprint density at radius 2 is 1.92 bits per heavy atom. The smallest absolute Gasteiger partial charge is 0.0529 e. The van der Waals surface area contributed by atoms with Crippen LogP contribution >= 0.6 is 0 Å². The van der Waals surface area contributed by atoms with E-state index in [1.807, 2.05) is 0 Å². The Morgan fingerprint density at radius 1 is 1.31 bits per heavy atom. The average Bonchev–Trinajstić information content (AvgIpc) is 2.03. The van der Waals surface area contributed by atoms with Gasteiger partial charge in [-0.25, -0.2) is 0 Å². The fourth-order valence-electron chi connectivity index (χ4n) is 1.00. The van der Waals surface area contributed by atoms with Crippen molar-refractivity contribution >= 4 is 0 Å². The molecule has 0 amide bonds. The van der Waals surface area contributed by atoms with Crippen molar-refractivity contribution in [2.24, 2.45) is 17.1 Å². The van der Waals surface area contributed by atoms with E-state index in [4.69, 9.17) is 10.5 Å². The average molecular weight is 187 g/mol. The summed E-state index contributed by atoms with van der Waals surface area (Å²) < 4.78 is 5.56. The fourth-order valence-corrected chi connectivity index (χ4v) is 1.00. The van der Waals surface area contributed by atoms with E-state index < -0.39 is 0 Å². The first-order valence-corrected chi connectivity index (χ1v) is 5.26. The van der Waals surface area contributed by atoms with Crippen molar-refractivity contribution in [3.05, 3.63) is 0 Å². The molecule has 2 nitrogen and oxygen atoms in total. The molecule has 0 unspecified atom stereocenters. The standard InChI is InChI=1S/C11H25NO/c1-10(2)6-5-7-13-9-11(3,4)8-12/h10H,5-9,12H2,1-4H3. The van der Waals surface area contributed by atoms with Gasteiger partial charge in [-0.2, -0.15) is 0 Å². The summed E-state index contributed by atoms with van der Waals surface area (Å²) >= 11 is 0. The summed E-state index contributed by atoms with van der Waals surface area (Å²) in [5.41, 5.74) is 5.73. The van der Waals surface area contributed by atoms with Crippen LogP contribution in [0.1, 0.15) is 40.5 Å². The largest absolute Gasteiger partial charge is 0.381 e. The van der Waals surface area contributed by atoms with E-state index in [-0.39, 0.29) is 5.41 Å². The maximum Gasteiger partial charge on any atom is 0.0529 e. The minimum atomic E-state index is 0.137. The zero-order valence-electron chi connectivity index (χ0n) is 9.60. The van der Waals surface area contributed by atoms with Crippen LogP contribution in [0.3, 0.4) is 0 Å². The summed E-state index contributed by atoms with van der Waals surface area (Å²) in [6.45, 7) is 11.1. The molecular weight excluding hydrogens is 162 g/mol. The summed E-state index contributed by atoms with van der Waals surface area (Å²) in [4.78, 5) is 0. The maximum absolute atomic E-state index is 5.59. The molecule has 13 heavy (non-hydrogen) atoms. The van der Waals surface area contributed by atoms with Crippen LogP contribution in [0.5, 0.6) is 0 Å². The first kappa shape index (κ1) is 12.9. The Morgan fingerprint density at radius 3 is 2.38 bits per heavy atom. The van der Waals surface area contributed by atoms with Crippen molar-refractivity contribution < 1.29 is 4.74 Å². The fraction of sp³-hybridized carbons (Fsp3) is 1.00. The third-order valence-electron chi connectivity index (χ3n) is 2.12. The Labute approximate surface area is 82.8 Å². The van der Waals surface area contributed by atoms with Crippen LogP contribution in [-0.4, -0.2) is 19.8 Å². The van der Waals surface area contributed by atoms with Crippen LogP contribution in [0, 0.1) is 11.3 Å². The van der Waals surface area contributed by atoms with Gasteiger partial charge in [-0.3, -0.25) is 0 Å². The predicted molar refractivity (Wildman–Crippen MR) is 57.7 cm³/mol. The highest BCUT2D eigenvalue weighted by molar-refractivity contribution is 4.67. The molecule has 0 aliphatic rings. The second kappa shape index (κ2) is 6.39. The Bertz CT molecular complexity index is 121. The maximum atomic E-state index is 5.59. The zero-order chi connectivity index (χ0) is 10.3. The van der Waals surface area contributed by atoms with Crippen molar-refractivity contribution in [2.45, 2.75) is 40.5 Å². The number of rotatable bonds is 7. The molecule has 0 saturated carbocycles. The number of hydrogen-bond acceptors (Lipinski definition) is 2. The molecule has 0 spiro atoms. The Hall–Kier alpha value is -0.0800. The van der Waals surface area contributed by atoms with Gasteiger partial charge in [-0.15, -0.1) is 0 Å². The molecule has 0 saturated heterocycles. The molecule has 0 radical (unpaired) electrons. The molecule has 0 bridgehead atoms. The zero-order valence-corrected chi connectivity index (χ0v) is 9.60. The first-order valence-electron chi connectivity index (χ1n) is 5.26. The van der Waals surface area contributed by atoms with Gasteiger partial charge < -0.3 is 10.5 Å². The molecule has 80 valence electrons. The van der Waals surface area contributed by atoms with Crippen LogP contribution in [-0.2, 0) is 4.74 Å². The monoisotopic (exact) mass is 187 g/mol. The first-order chi connectivity index (χ1) is 5.98. The second-order valence-electron chi connectivity index (χ2n) is 4.96. The van der Waals surface area contributed by atoms with E-state index in [9.17, 15) is 0 Å². The van der Waals surface area contributed by atoms with E-state index >= 15 is 0 Å².